The van der Waals surface area contributed by atoms with Crippen molar-refractivity contribution in [3.8, 4) is 5.69 Å². The largest absolute Gasteiger partial charge is 0.452 e. The molecular weight excluding hydrogens is 338 g/mol. The monoisotopic (exact) mass is 357 g/mol. The molecule has 2 aromatic rings. The topological polar surface area (TPSA) is 115 Å². The third kappa shape index (κ3) is 4.65. The van der Waals surface area contributed by atoms with Crippen LogP contribution in [0.3, 0.4) is 0 Å². The minimum atomic E-state index is -0.673. The molecule has 1 aliphatic carbocycles. The maximum Gasteiger partial charge on any atom is 0.338 e. The van der Waals surface area contributed by atoms with Gasteiger partial charge in [-0.3, -0.25) is 10.1 Å². The molecule has 0 radical (unpaired) electrons. The van der Waals surface area contributed by atoms with Crippen LogP contribution < -0.4 is 10.6 Å². The van der Waals surface area contributed by atoms with Gasteiger partial charge in [-0.15, -0.1) is 0 Å². The molecule has 0 saturated heterocycles. The molecule has 1 aliphatic rings. The Morgan fingerprint density at radius 2 is 1.88 bits per heavy atom. The Balaban J connectivity index is 1.44. The van der Waals surface area contributed by atoms with E-state index in [1.54, 1.807) is 28.9 Å². The van der Waals surface area contributed by atoms with Gasteiger partial charge in [0.25, 0.3) is 5.91 Å². The molecule has 136 valence electrons. The molecule has 26 heavy (non-hydrogen) atoms. The number of aromatic nitrogens is 3. The Morgan fingerprint density at radius 3 is 2.54 bits per heavy atom. The molecule has 1 saturated carbocycles. The van der Waals surface area contributed by atoms with E-state index in [1.165, 1.54) is 12.7 Å². The number of amides is 3. The van der Waals surface area contributed by atoms with Crippen LogP contribution in [0.1, 0.15) is 36.0 Å². The van der Waals surface area contributed by atoms with E-state index in [0.717, 1.165) is 31.4 Å². The van der Waals surface area contributed by atoms with Gasteiger partial charge in [-0.05, 0) is 37.1 Å². The molecular formula is C17H19N5O4. The van der Waals surface area contributed by atoms with Crippen LogP contribution in [0.4, 0.5) is 4.79 Å². The average molecular weight is 357 g/mol. The number of hydrogen-bond donors (Lipinski definition) is 2. The highest BCUT2D eigenvalue weighted by atomic mass is 16.5. The molecule has 1 fully saturated rings. The molecule has 9 heteroatoms. The maximum atomic E-state index is 12.0. The summed E-state index contributed by atoms with van der Waals surface area (Å²) in [6.07, 6.45) is 6.93. The first-order valence-corrected chi connectivity index (χ1v) is 8.34. The predicted octanol–water partition coefficient (Wildman–Crippen LogP) is 1.19. The number of nitrogens with zero attached hydrogens (tertiary/aromatic N) is 3. The molecule has 0 bridgehead atoms. The van der Waals surface area contributed by atoms with Crippen molar-refractivity contribution in [2.45, 2.75) is 31.7 Å². The number of hydrogen-bond acceptors (Lipinski definition) is 6. The molecule has 1 aromatic heterocycles. The minimum absolute atomic E-state index is 0.105. The Hall–Kier alpha value is -3.23. The Labute approximate surface area is 149 Å². The van der Waals surface area contributed by atoms with Crippen molar-refractivity contribution in [1.82, 2.24) is 25.4 Å². The van der Waals surface area contributed by atoms with Gasteiger partial charge >= 0.3 is 12.0 Å². The second-order valence-corrected chi connectivity index (χ2v) is 5.97. The fourth-order valence-corrected chi connectivity index (χ4v) is 2.76. The molecule has 0 atom stereocenters. The van der Waals surface area contributed by atoms with Gasteiger partial charge in [-0.2, -0.15) is 5.10 Å². The lowest BCUT2D eigenvalue weighted by Gasteiger charge is -2.12. The number of urea groups is 1. The second-order valence-electron chi connectivity index (χ2n) is 5.97. The van der Waals surface area contributed by atoms with Gasteiger partial charge in [0.2, 0.25) is 0 Å². The van der Waals surface area contributed by atoms with Gasteiger partial charge in [0.1, 0.15) is 12.7 Å². The highest BCUT2D eigenvalue weighted by molar-refractivity contribution is 5.97. The zero-order valence-electron chi connectivity index (χ0n) is 14.1. The fourth-order valence-electron chi connectivity index (χ4n) is 2.76. The van der Waals surface area contributed by atoms with Gasteiger partial charge in [0.05, 0.1) is 11.3 Å². The third-order valence-corrected chi connectivity index (χ3v) is 4.06. The predicted molar refractivity (Wildman–Crippen MR) is 90.6 cm³/mol. The number of carbonyl (C=O) groups is 3. The molecule has 1 heterocycles. The van der Waals surface area contributed by atoms with Gasteiger partial charge in [0, 0.05) is 6.04 Å². The van der Waals surface area contributed by atoms with E-state index >= 15 is 0 Å². The van der Waals surface area contributed by atoms with E-state index in [2.05, 4.69) is 20.7 Å². The van der Waals surface area contributed by atoms with Gasteiger partial charge < -0.3 is 10.1 Å². The van der Waals surface area contributed by atoms with Gasteiger partial charge in [-0.25, -0.2) is 19.3 Å². The third-order valence-electron chi connectivity index (χ3n) is 4.06. The summed E-state index contributed by atoms with van der Waals surface area (Å²) in [6.45, 7) is -0.526. The molecule has 3 amide bonds. The van der Waals surface area contributed by atoms with E-state index in [1.807, 2.05) is 0 Å². The minimum Gasteiger partial charge on any atom is -0.452 e. The zero-order valence-corrected chi connectivity index (χ0v) is 14.1. The van der Waals surface area contributed by atoms with Crippen LogP contribution in [0.5, 0.6) is 0 Å². The summed E-state index contributed by atoms with van der Waals surface area (Å²) in [4.78, 5) is 39.2. The number of ether oxygens (including phenoxy) is 1. The lowest BCUT2D eigenvalue weighted by atomic mass is 10.2. The molecule has 0 aliphatic heterocycles. The fraction of sp³-hybridized carbons (Fsp3) is 0.353. The van der Waals surface area contributed by atoms with Crippen LogP contribution in [-0.2, 0) is 9.53 Å². The molecule has 1 aromatic carbocycles. The summed E-state index contributed by atoms with van der Waals surface area (Å²) in [6, 6.07) is 6.03. The van der Waals surface area contributed by atoms with Crippen molar-refractivity contribution in [3.05, 3.63) is 42.5 Å². The average Bonchev–Trinajstić information content (AvgIpc) is 3.33. The summed E-state index contributed by atoms with van der Waals surface area (Å²) < 4.78 is 6.47. The van der Waals surface area contributed by atoms with E-state index in [-0.39, 0.29) is 11.6 Å². The summed E-state index contributed by atoms with van der Waals surface area (Å²) >= 11 is 0. The number of imide groups is 1. The second kappa shape index (κ2) is 8.24. The van der Waals surface area contributed by atoms with Crippen LogP contribution >= 0.6 is 0 Å². The Morgan fingerprint density at radius 1 is 1.15 bits per heavy atom. The van der Waals surface area contributed by atoms with Crippen molar-refractivity contribution in [3.63, 3.8) is 0 Å². The van der Waals surface area contributed by atoms with E-state index in [0.29, 0.717) is 0 Å². The van der Waals surface area contributed by atoms with Crippen molar-refractivity contribution in [2.75, 3.05) is 6.61 Å². The standard InChI is InChI=1S/C17H19N5O4/c23-15(21-17(25)20-13-3-1-2-4-13)9-26-16(24)12-5-7-14(8-6-12)22-11-18-10-19-22/h5-8,10-11,13H,1-4,9H2,(H2,20,21,23,25). The number of nitrogens with one attached hydrogen (secondary N) is 2. The Kier molecular flexibility index (Phi) is 5.57. The summed E-state index contributed by atoms with van der Waals surface area (Å²) in [7, 11) is 0. The van der Waals surface area contributed by atoms with Crippen LogP contribution in [-0.4, -0.2) is 45.3 Å². The van der Waals surface area contributed by atoms with Crippen LogP contribution in [0, 0.1) is 0 Å². The smallest absolute Gasteiger partial charge is 0.338 e. The van der Waals surface area contributed by atoms with Crippen LogP contribution in [0.2, 0.25) is 0 Å². The normalized spacial score (nSPS) is 14.0. The lowest BCUT2D eigenvalue weighted by molar-refractivity contribution is -0.123. The van der Waals surface area contributed by atoms with Crippen molar-refractivity contribution < 1.29 is 19.1 Å². The summed E-state index contributed by atoms with van der Waals surface area (Å²) in [5.74, 6) is -1.32. The quantitative estimate of drug-likeness (QED) is 0.777. The Bertz CT molecular complexity index is 767. The van der Waals surface area contributed by atoms with Gasteiger partial charge in [0.15, 0.2) is 6.61 Å². The van der Waals surface area contributed by atoms with E-state index in [9.17, 15) is 14.4 Å². The number of carbonyl (C=O) groups excluding carboxylic acids is 3. The lowest BCUT2D eigenvalue weighted by Crippen LogP contribution is -2.44. The summed E-state index contributed by atoms with van der Waals surface area (Å²) in [5, 5.41) is 8.86. The highest BCUT2D eigenvalue weighted by Crippen LogP contribution is 2.17. The summed E-state index contributed by atoms with van der Waals surface area (Å²) in [5.41, 5.74) is 1.03. The van der Waals surface area contributed by atoms with E-state index in [4.69, 9.17) is 4.74 Å². The zero-order chi connectivity index (χ0) is 18.4. The molecule has 0 spiro atoms. The number of esters is 1. The first-order chi connectivity index (χ1) is 12.6. The first kappa shape index (κ1) is 17.6. The van der Waals surface area contributed by atoms with Crippen molar-refractivity contribution >= 4 is 17.9 Å². The number of benzene rings is 1. The first-order valence-electron chi connectivity index (χ1n) is 8.34. The number of rotatable bonds is 5. The van der Waals surface area contributed by atoms with E-state index < -0.39 is 24.5 Å². The molecule has 0 unspecified atom stereocenters. The van der Waals surface area contributed by atoms with Crippen molar-refractivity contribution in [1.29, 1.82) is 0 Å². The van der Waals surface area contributed by atoms with Gasteiger partial charge in [-0.1, -0.05) is 12.8 Å². The van der Waals surface area contributed by atoms with Crippen LogP contribution in [0.15, 0.2) is 36.9 Å². The van der Waals surface area contributed by atoms with Crippen LogP contribution in [0.25, 0.3) is 5.69 Å². The molecule has 9 nitrogen and oxygen atoms in total. The molecule has 3 rings (SSSR count). The maximum absolute atomic E-state index is 12.0. The SMILES string of the molecule is O=C(COC(=O)c1ccc(-n2cncn2)cc1)NC(=O)NC1CCCC1. The molecule has 2 N–H and O–H groups in total. The van der Waals surface area contributed by atoms with Crippen molar-refractivity contribution in [2.24, 2.45) is 0 Å². The highest BCUT2D eigenvalue weighted by Gasteiger charge is 2.18.